The van der Waals surface area contributed by atoms with Gasteiger partial charge in [0, 0.05) is 36.0 Å². The fourth-order valence-corrected chi connectivity index (χ4v) is 3.28. The molecule has 7 heteroatoms. The Balaban J connectivity index is 1.48. The van der Waals surface area contributed by atoms with Gasteiger partial charge in [0.1, 0.15) is 5.76 Å². The molecule has 0 bridgehead atoms. The number of carbonyl (C=O) groups is 2. The van der Waals surface area contributed by atoms with Gasteiger partial charge in [-0.25, -0.2) is 0 Å². The number of likely N-dealkylation sites (tertiary alicyclic amines) is 1. The first kappa shape index (κ1) is 16.4. The minimum Gasteiger partial charge on any atom is -0.360 e. The topological polar surface area (TPSA) is 75.4 Å². The van der Waals surface area contributed by atoms with Gasteiger partial charge in [0.2, 0.25) is 11.8 Å². The lowest BCUT2D eigenvalue weighted by Gasteiger charge is -2.30. The number of anilines is 1. The van der Waals surface area contributed by atoms with Crippen molar-refractivity contribution in [2.24, 2.45) is 5.92 Å². The molecule has 0 atom stereocenters. The number of aryl methyl sites for hydroxylation is 1. The van der Waals surface area contributed by atoms with Crippen LogP contribution < -0.4 is 5.32 Å². The molecule has 2 aromatic rings. The number of thiophene rings is 1. The first-order chi connectivity index (χ1) is 11.6. The summed E-state index contributed by atoms with van der Waals surface area (Å²) in [5.74, 6) is 0.921. The molecule has 6 nitrogen and oxygen atoms in total. The molecular weight excluding hydrogens is 326 g/mol. The Morgan fingerprint density at radius 1 is 1.42 bits per heavy atom. The average Bonchev–Trinajstić information content (AvgIpc) is 3.24. The van der Waals surface area contributed by atoms with Crippen molar-refractivity contribution in [1.82, 2.24) is 10.1 Å². The van der Waals surface area contributed by atoms with Gasteiger partial charge in [0.05, 0.1) is 0 Å². The van der Waals surface area contributed by atoms with Crippen LogP contribution in [0.3, 0.4) is 0 Å². The van der Waals surface area contributed by atoms with E-state index < -0.39 is 0 Å². The number of nitrogens with zero attached hydrogens (tertiary/aromatic N) is 2. The zero-order valence-corrected chi connectivity index (χ0v) is 14.2. The molecule has 0 radical (unpaired) electrons. The van der Waals surface area contributed by atoms with Gasteiger partial charge in [-0.2, -0.15) is 0 Å². The Morgan fingerprint density at radius 3 is 2.83 bits per heavy atom. The lowest BCUT2D eigenvalue weighted by atomic mass is 9.96. The van der Waals surface area contributed by atoms with E-state index in [0.717, 1.165) is 4.88 Å². The monoisotopic (exact) mass is 345 g/mol. The highest BCUT2D eigenvalue weighted by atomic mass is 32.1. The second kappa shape index (κ2) is 7.44. The maximum absolute atomic E-state index is 12.2. The molecule has 0 saturated carbocycles. The fourth-order valence-electron chi connectivity index (χ4n) is 2.66. The first-order valence-corrected chi connectivity index (χ1v) is 8.74. The van der Waals surface area contributed by atoms with Crippen LogP contribution in [0.15, 0.2) is 34.2 Å². The molecule has 1 aliphatic rings. The van der Waals surface area contributed by atoms with Gasteiger partial charge in [0.25, 0.3) is 0 Å². The van der Waals surface area contributed by atoms with E-state index in [-0.39, 0.29) is 17.7 Å². The maximum Gasteiger partial charge on any atom is 0.246 e. The minimum atomic E-state index is -0.104. The van der Waals surface area contributed by atoms with E-state index in [1.54, 1.807) is 35.3 Å². The van der Waals surface area contributed by atoms with Crippen molar-refractivity contribution in [2.75, 3.05) is 18.4 Å². The SMILES string of the molecule is Cc1cc(NC(=O)C2CCN(C(=O)C=Cc3cccs3)CC2)no1. The standard InChI is InChI=1S/C17H19N3O3S/c1-12-11-15(19-23-12)18-17(22)13-6-8-20(9-7-13)16(21)5-4-14-3-2-10-24-14/h2-5,10-11,13H,6-9H2,1H3,(H,18,19,22). The van der Waals surface area contributed by atoms with Crippen LogP contribution >= 0.6 is 11.3 Å². The highest BCUT2D eigenvalue weighted by Crippen LogP contribution is 2.20. The summed E-state index contributed by atoms with van der Waals surface area (Å²) in [6.07, 6.45) is 4.74. The third kappa shape index (κ3) is 4.11. The molecule has 0 unspecified atom stereocenters. The summed E-state index contributed by atoms with van der Waals surface area (Å²) in [6.45, 7) is 2.95. The van der Waals surface area contributed by atoms with E-state index in [1.807, 2.05) is 23.6 Å². The molecule has 2 aromatic heterocycles. The van der Waals surface area contributed by atoms with E-state index in [9.17, 15) is 9.59 Å². The van der Waals surface area contributed by atoms with E-state index in [1.165, 1.54) is 0 Å². The molecule has 3 heterocycles. The van der Waals surface area contributed by atoms with Crippen LogP contribution in [0, 0.1) is 12.8 Å². The number of hydrogen-bond acceptors (Lipinski definition) is 5. The third-order valence-electron chi connectivity index (χ3n) is 3.99. The molecule has 0 aromatic carbocycles. The largest absolute Gasteiger partial charge is 0.360 e. The predicted molar refractivity (Wildman–Crippen MR) is 92.5 cm³/mol. The summed E-state index contributed by atoms with van der Waals surface area (Å²) in [6, 6.07) is 5.61. The number of nitrogens with one attached hydrogen (secondary N) is 1. The normalized spacial score (nSPS) is 15.8. The minimum absolute atomic E-state index is 0.00520. The van der Waals surface area contributed by atoms with Gasteiger partial charge in [-0.1, -0.05) is 11.2 Å². The second-order valence-electron chi connectivity index (χ2n) is 5.76. The third-order valence-corrected chi connectivity index (χ3v) is 4.83. The van der Waals surface area contributed by atoms with Gasteiger partial charge in [0.15, 0.2) is 5.82 Å². The van der Waals surface area contributed by atoms with Crippen molar-refractivity contribution in [3.63, 3.8) is 0 Å². The lowest BCUT2D eigenvalue weighted by molar-refractivity contribution is -0.130. The fraction of sp³-hybridized carbons (Fsp3) is 0.353. The Morgan fingerprint density at radius 2 is 2.21 bits per heavy atom. The van der Waals surface area contributed by atoms with Crippen molar-refractivity contribution < 1.29 is 14.1 Å². The van der Waals surface area contributed by atoms with Crippen LogP contribution in [0.4, 0.5) is 5.82 Å². The molecule has 3 rings (SSSR count). The highest BCUT2D eigenvalue weighted by Gasteiger charge is 2.27. The van der Waals surface area contributed by atoms with E-state index in [4.69, 9.17) is 4.52 Å². The van der Waals surface area contributed by atoms with Crippen LogP contribution in [0.5, 0.6) is 0 Å². The molecule has 0 spiro atoms. The first-order valence-electron chi connectivity index (χ1n) is 7.86. The van der Waals surface area contributed by atoms with Crippen molar-refractivity contribution in [3.05, 3.63) is 40.3 Å². The Labute approximate surface area is 144 Å². The quantitative estimate of drug-likeness (QED) is 0.865. The number of amides is 2. The van der Waals surface area contributed by atoms with Gasteiger partial charge in [-0.3, -0.25) is 9.59 Å². The smallest absolute Gasteiger partial charge is 0.246 e. The van der Waals surface area contributed by atoms with E-state index >= 15 is 0 Å². The van der Waals surface area contributed by atoms with Gasteiger partial charge >= 0.3 is 0 Å². The van der Waals surface area contributed by atoms with E-state index in [2.05, 4.69) is 10.5 Å². The summed E-state index contributed by atoms with van der Waals surface area (Å²) in [5, 5.41) is 8.50. The summed E-state index contributed by atoms with van der Waals surface area (Å²) in [5.41, 5.74) is 0. The van der Waals surface area contributed by atoms with E-state index in [0.29, 0.717) is 37.5 Å². The number of hydrogen-bond donors (Lipinski definition) is 1. The number of aromatic nitrogens is 1. The van der Waals surface area contributed by atoms with Gasteiger partial charge in [-0.15, -0.1) is 11.3 Å². The molecule has 1 aliphatic heterocycles. The predicted octanol–water partition coefficient (Wildman–Crippen LogP) is 2.94. The number of rotatable bonds is 4. The molecule has 2 amide bonds. The zero-order valence-electron chi connectivity index (χ0n) is 13.4. The summed E-state index contributed by atoms with van der Waals surface area (Å²) >= 11 is 1.59. The Kier molecular flexibility index (Phi) is 5.10. The van der Waals surface area contributed by atoms with Crippen LogP contribution in [0.1, 0.15) is 23.5 Å². The van der Waals surface area contributed by atoms with Crippen LogP contribution in [-0.4, -0.2) is 35.0 Å². The molecule has 1 saturated heterocycles. The number of piperidine rings is 1. The Bertz CT molecular complexity index is 728. The summed E-state index contributed by atoms with van der Waals surface area (Å²) in [4.78, 5) is 27.3. The van der Waals surface area contributed by atoms with Crippen molar-refractivity contribution >= 4 is 35.0 Å². The molecule has 1 fully saturated rings. The highest BCUT2D eigenvalue weighted by molar-refractivity contribution is 7.10. The Hall–Kier alpha value is -2.41. The summed E-state index contributed by atoms with van der Waals surface area (Å²) in [7, 11) is 0. The molecule has 0 aliphatic carbocycles. The van der Waals surface area contributed by atoms with Crippen molar-refractivity contribution in [3.8, 4) is 0 Å². The molecular formula is C17H19N3O3S. The summed E-state index contributed by atoms with van der Waals surface area (Å²) < 4.78 is 4.93. The van der Waals surface area contributed by atoms with Crippen LogP contribution in [0.25, 0.3) is 6.08 Å². The zero-order chi connectivity index (χ0) is 16.9. The number of carbonyl (C=O) groups excluding carboxylic acids is 2. The average molecular weight is 345 g/mol. The molecule has 1 N–H and O–H groups in total. The lowest BCUT2D eigenvalue weighted by Crippen LogP contribution is -2.40. The molecule has 24 heavy (non-hydrogen) atoms. The maximum atomic E-state index is 12.2. The van der Waals surface area contributed by atoms with Crippen molar-refractivity contribution in [1.29, 1.82) is 0 Å². The second-order valence-corrected chi connectivity index (χ2v) is 6.74. The van der Waals surface area contributed by atoms with Gasteiger partial charge in [-0.05, 0) is 37.3 Å². The van der Waals surface area contributed by atoms with Gasteiger partial charge < -0.3 is 14.7 Å². The van der Waals surface area contributed by atoms with Crippen molar-refractivity contribution in [2.45, 2.75) is 19.8 Å². The van der Waals surface area contributed by atoms with Crippen LogP contribution in [0.2, 0.25) is 0 Å². The van der Waals surface area contributed by atoms with Crippen LogP contribution in [-0.2, 0) is 9.59 Å². The molecule has 126 valence electrons.